The average Bonchev–Trinajstić information content (AvgIpc) is 2.77. The van der Waals surface area contributed by atoms with Crippen LogP contribution in [0.3, 0.4) is 0 Å². The fourth-order valence-corrected chi connectivity index (χ4v) is 2.44. The third-order valence-corrected chi connectivity index (χ3v) is 3.73. The second kappa shape index (κ2) is 6.87. The van der Waals surface area contributed by atoms with Gasteiger partial charge in [0.15, 0.2) is 0 Å². The molecule has 0 saturated carbocycles. The van der Waals surface area contributed by atoms with Crippen LogP contribution in [0.4, 0.5) is 13.2 Å². The Bertz CT molecular complexity index is 537. The number of carbonyl (C=O) groups excluding carboxylic acids is 1. The van der Waals surface area contributed by atoms with Crippen molar-refractivity contribution in [3.8, 4) is 0 Å². The van der Waals surface area contributed by atoms with Crippen molar-refractivity contribution in [2.45, 2.75) is 37.6 Å². The molecule has 2 N–H and O–H groups in total. The third kappa shape index (κ3) is 4.36. The Kier molecular flexibility index (Phi) is 5.87. The van der Waals surface area contributed by atoms with Gasteiger partial charge in [-0.3, -0.25) is 10.1 Å². The van der Waals surface area contributed by atoms with Gasteiger partial charge in [0, 0.05) is 18.4 Å². The SMILES string of the molecule is CC(C)(CNC(=O)C1CC(F)(F)CN1)c1ccccc1F.Cl. The molecule has 124 valence electrons. The lowest BCUT2D eigenvalue weighted by Gasteiger charge is -2.26. The third-order valence-electron chi connectivity index (χ3n) is 3.73. The summed E-state index contributed by atoms with van der Waals surface area (Å²) in [6.45, 7) is 3.28. The van der Waals surface area contributed by atoms with Crippen LogP contribution in [0.15, 0.2) is 24.3 Å². The van der Waals surface area contributed by atoms with Gasteiger partial charge in [0.1, 0.15) is 5.82 Å². The maximum absolute atomic E-state index is 13.8. The number of nitrogens with one attached hydrogen (secondary N) is 2. The van der Waals surface area contributed by atoms with Crippen LogP contribution >= 0.6 is 12.4 Å². The molecule has 0 spiro atoms. The fourth-order valence-electron chi connectivity index (χ4n) is 2.44. The molecule has 7 heteroatoms. The van der Waals surface area contributed by atoms with Gasteiger partial charge in [-0.05, 0) is 11.6 Å². The van der Waals surface area contributed by atoms with Crippen molar-refractivity contribution in [1.82, 2.24) is 10.6 Å². The molecule has 1 aromatic rings. The molecule has 1 aromatic carbocycles. The molecule has 3 nitrogen and oxygen atoms in total. The van der Waals surface area contributed by atoms with Gasteiger partial charge in [0.05, 0.1) is 12.6 Å². The topological polar surface area (TPSA) is 41.1 Å². The summed E-state index contributed by atoms with van der Waals surface area (Å²) in [6, 6.07) is 5.44. The normalized spacial score (nSPS) is 20.3. The van der Waals surface area contributed by atoms with E-state index in [1.807, 2.05) is 0 Å². The van der Waals surface area contributed by atoms with Gasteiger partial charge in [-0.25, -0.2) is 13.2 Å². The molecule has 0 aromatic heterocycles. The number of rotatable bonds is 4. The lowest BCUT2D eigenvalue weighted by atomic mass is 9.84. The van der Waals surface area contributed by atoms with Crippen molar-refractivity contribution < 1.29 is 18.0 Å². The second-order valence-electron chi connectivity index (χ2n) is 6.08. The molecule has 1 heterocycles. The highest BCUT2D eigenvalue weighted by atomic mass is 35.5. The summed E-state index contributed by atoms with van der Waals surface area (Å²) in [4.78, 5) is 11.9. The standard InChI is InChI=1S/C15H19F3N2O.ClH/c1-14(2,10-5-3-4-6-11(10)16)8-20-13(21)12-7-15(17,18)9-19-12;/h3-6,12,19H,7-9H2,1-2H3,(H,20,21);1H. The van der Waals surface area contributed by atoms with Crippen molar-refractivity contribution in [3.63, 3.8) is 0 Å². The molecule has 1 atom stereocenters. The Hall–Kier alpha value is -1.27. The minimum Gasteiger partial charge on any atom is -0.354 e. The first-order valence-corrected chi connectivity index (χ1v) is 6.85. The smallest absolute Gasteiger partial charge is 0.262 e. The average molecular weight is 337 g/mol. The molecule has 22 heavy (non-hydrogen) atoms. The van der Waals surface area contributed by atoms with E-state index in [-0.39, 0.29) is 24.8 Å². The molecule has 0 radical (unpaired) electrons. The van der Waals surface area contributed by atoms with Crippen molar-refractivity contribution in [2.75, 3.05) is 13.1 Å². The van der Waals surface area contributed by atoms with Crippen molar-refractivity contribution in [2.24, 2.45) is 0 Å². The van der Waals surface area contributed by atoms with Gasteiger partial charge in [0.25, 0.3) is 5.92 Å². The van der Waals surface area contributed by atoms with Crippen LogP contribution in [0, 0.1) is 5.82 Å². The van der Waals surface area contributed by atoms with Gasteiger partial charge in [-0.15, -0.1) is 12.4 Å². The monoisotopic (exact) mass is 336 g/mol. The molecular formula is C15H20ClF3N2O. The van der Waals surface area contributed by atoms with E-state index >= 15 is 0 Å². The predicted molar refractivity (Wildman–Crippen MR) is 81.0 cm³/mol. The van der Waals surface area contributed by atoms with Gasteiger partial charge in [-0.2, -0.15) is 0 Å². The van der Waals surface area contributed by atoms with Crippen molar-refractivity contribution in [1.29, 1.82) is 0 Å². The van der Waals surface area contributed by atoms with Gasteiger partial charge >= 0.3 is 0 Å². The van der Waals surface area contributed by atoms with E-state index in [9.17, 15) is 18.0 Å². The first-order valence-electron chi connectivity index (χ1n) is 6.85. The minimum absolute atomic E-state index is 0. The lowest BCUT2D eigenvalue weighted by molar-refractivity contribution is -0.123. The molecule has 0 aliphatic carbocycles. The first-order chi connectivity index (χ1) is 9.71. The molecule has 1 aliphatic rings. The van der Waals surface area contributed by atoms with E-state index in [2.05, 4.69) is 10.6 Å². The van der Waals surface area contributed by atoms with E-state index < -0.39 is 36.3 Å². The van der Waals surface area contributed by atoms with E-state index in [4.69, 9.17) is 0 Å². The highest BCUT2D eigenvalue weighted by molar-refractivity contribution is 5.85. The van der Waals surface area contributed by atoms with Crippen LogP contribution in [0.2, 0.25) is 0 Å². The van der Waals surface area contributed by atoms with Crippen LogP contribution in [0.1, 0.15) is 25.8 Å². The number of hydrogen-bond acceptors (Lipinski definition) is 2. The zero-order valence-corrected chi connectivity index (χ0v) is 13.3. The highest BCUT2D eigenvalue weighted by Crippen LogP contribution is 2.27. The second-order valence-corrected chi connectivity index (χ2v) is 6.08. The molecular weight excluding hydrogens is 317 g/mol. The summed E-state index contributed by atoms with van der Waals surface area (Å²) in [6.07, 6.45) is -0.501. The number of alkyl halides is 2. The Morgan fingerprint density at radius 3 is 2.59 bits per heavy atom. The van der Waals surface area contributed by atoms with E-state index in [0.29, 0.717) is 5.56 Å². The molecule has 1 saturated heterocycles. The quantitative estimate of drug-likeness (QED) is 0.887. The number of halogens is 4. The number of carbonyl (C=O) groups is 1. The summed E-state index contributed by atoms with van der Waals surface area (Å²) < 4.78 is 39.9. The zero-order chi connectivity index (χ0) is 15.7. The number of hydrogen-bond donors (Lipinski definition) is 2. The Labute approximate surface area is 134 Å². The van der Waals surface area contributed by atoms with E-state index in [0.717, 1.165) is 0 Å². The zero-order valence-electron chi connectivity index (χ0n) is 12.5. The summed E-state index contributed by atoms with van der Waals surface area (Å²) >= 11 is 0. The number of amides is 1. The highest BCUT2D eigenvalue weighted by Gasteiger charge is 2.42. The summed E-state index contributed by atoms with van der Waals surface area (Å²) in [7, 11) is 0. The van der Waals surface area contributed by atoms with Crippen LogP contribution in [-0.2, 0) is 10.2 Å². The Morgan fingerprint density at radius 2 is 2.05 bits per heavy atom. The molecule has 1 aliphatic heterocycles. The van der Waals surface area contributed by atoms with Crippen molar-refractivity contribution in [3.05, 3.63) is 35.6 Å². The molecule has 1 fully saturated rings. The minimum atomic E-state index is -2.84. The maximum atomic E-state index is 13.8. The summed E-state index contributed by atoms with van der Waals surface area (Å²) in [5.74, 6) is -3.66. The van der Waals surface area contributed by atoms with Crippen LogP contribution in [-0.4, -0.2) is 31.0 Å². The fraction of sp³-hybridized carbons (Fsp3) is 0.533. The van der Waals surface area contributed by atoms with Gasteiger partial charge in [0.2, 0.25) is 5.91 Å². The molecule has 1 amide bonds. The molecule has 1 unspecified atom stereocenters. The molecule has 2 rings (SSSR count). The Morgan fingerprint density at radius 1 is 1.41 bits per heavy atom. The van der Waals surface area contributed by atoms with E-state index in [1.165, 1.54) is 6.07 Å². The summed E-state index contributed by atoms with van der Waals surface area (Å²) in [5.41, 5.74) is -0.141. The van der Waals surface area contributed by atoms with E-state index in [1.54, 1.807) is 32.0 Å². The summed E-state index contributed by atoms with van der Waals surface area (Å²) in [5, 5.41) is 5.12. The van der Waals surface area contributed by atoms with Crippen LogP contribution in [0.25, 0.3) is 0 Å². The molecule has 0 bridgehead atoms. The van der Waals surface area contributed by atoms with Crippen molar-refractivity contribution >= 4 is 18.3 Å². The van der Waals surface area contributed by atoms with Crippen LogP contribution in [0.5, 0.6) is 0 Å². The van der Waals surface area contributed by atoms with Gasteiger partial charge < -0.3 is 5.32 Å². The largest absolute Gasteiger partial charge is 0.354 e. The lowest BCUT2D eigenvalue weighted by Crippen LogP contribution is -2.45. The first kappa shape index (κ1) is 18.8. The van der Waals surface area contributed by atoms with Gasteiger partial charge in [-0.1, -0.05) is 32.0 Å². The number of benzene rings is 1. The maximum Gasteiger partial charge on any atom is 0.262 e. The van der Waals surface area contributed by atoms with Crippen LogP contribution < -0.4 is 10.6 Å². The predicted octanol–water partition coefficient (Wildman–Crippen LogP) is 2.64. The Balaban J connectivity index is 0.00000242.